The van der Waals surface area contributed by atoms with Gasteiger partial charge in [0.25, 0.3) is 0 Å². The van der Waals surface area contributed by atoms with E-state index in [1.807, 2.05) is 18.2 Å². The Morgan fingerprint density at radius 2 is 2.11 bits per heavy atom. The van der Waals surface area contributed by atoms with E-state index in [1.54, 1.807) is 0 Å². The SMILES string of the molecule is O=C1NCCC12CCN(Cc1ccccc1)CC2O. The summed E-state index contributed by atoms with van der Waals surface area (Å²) in [6, 6.07) is 10.3. The number of β-amino-alcohol motifs (C(OH)–C–C–N with tert-alkyl or cyclic N) is 1. The van der Waals surface area contributed by atoms with E-state index in [0.29, 0.717) is 13.1 Å². The number of hydrogen-bond acceptors (Lipinski definition) is 3. The maximum absolute atomic E-state index is 11.9. The van der Waals surface area contributed by atoms with Crippen molar-refractivity contribution in [2.75, 3.05) is 19.6 Å². The maximum atomic E-state index is 11.9. The van der Waals surface area contributed by atoms with Gasteiger partial charge in [0.05, 0.1) is 11.5 Å². The van der Waals surface area contributed by atoms with Crippen molar-refractivity contribution in [3.8, 4) is 0 Å². The van der Waals surface area contributed by atoms with Crippen LogP contribution in [0, 0.1) is 5.41 Å². The summed E-state index contributed by atoms with van der Waals surface area (Å²) in [6.07, 6.45) is 0.978. The molecule has 1 amide bonds. The number of amides is 1. The van der Waals surface area contributed by atoms with Gasteiger partial charge in [-0.3, -0.25) is 9.69 Å². The molecule has 2 N–H and O–H groups in total. The van der Waals surface area contributed by atoms with Crippen LogP contribution in [0.1, 0.15) is 18.4 Å². The van der Waals surface area contributed by atoms with Crippen LogP contribution in [0.25, 0.3) is 0 Å². The fraction of sp³-hybridized carbons (Fsp3) is 0.533. The van der Waals surface area contributed by atoms with Gasteiger partial charge in [0, 0.05) is 19.6 Å². The van der Waals surface area contributed by atoms with E-state index in [1.165, 1.54) is 5.56 Å². The highest BCUT2D eigenvalue weighted by molar-refractivity contribution is 5.85. The van der Waals surface area contributed by atoms with Crippen molar-refractivity contribution in [1.29, 1.82) is 0 Å². The van der Waals surface area contributed by atoms with E-state index in [-0.39, 0.29) is 5.91 Å². The van der Waals surface area contributed by atoms with Gasteiger partial charge in [-0.15, -0.1) is 0 Å². The first-order valence-corrected chi connectivity index (χ1v) is 6.93. The molecule has 0 radical (unpaired) electrons. The van der Waals surface area contributed by atoms with Crippen molar-refractivity contribution in [3.63, 3.8) is 0 Å². The number of hydrogen-bond donors (Lipinski definition) is 2. The fourth-order valence-corrected chi connectivity index (χ4v) is 3.27. The van der Waals surface area contributed by atoms with Crippen LogP contribution in [-0.2, 0) is 11.3 Å². The molecule has 4 heteroatoms. The second-order valence-corrected chi connectivity index (χ2v) is 5.65. The third kappa shape index (κ3) is 2.26. The van der Waals surface area contributed by atoms with Gasteiger partial charge in [-0.1, -0.05) is 30.3 Å². The lowest BCUT2D eigenvalue weighted by atomic mass is 9.74. The number of benzene rings is 1. The van der Waals surface area contributed by atoms with Gasteiger partial charge in [-0.25, -0.2) is 0 Å². The standard InChI is InChI=1S/C15H20N2O2/c18-13-11-17(10-12-4-2-1-3-5-12)9-7-15(13)6-8-16-14(15)19/h1-5,13,18H,6-11H2,(H,16,19). The summed E-state index contributed by atoms with van der Waals surface area (Å²) in [5, 5.41) is 13.2. The fourth-order valence-electron chi connectivity index (χ4n) is 3.27. The maximum Gasteiger partial charge on any atom is 0.229 e. The number of likely N-dealkylation sites (tertiary alicyclic amines) is 1. The Morgan fingerprint density at radius 1 is 1.32 bits per heavy atom. The molecular weight excluding hydrogens is 240 g/mol. The van der Waals surface area contributed by atoms with Crippen LogP contribution >= 0.6 is 0 Å². The van der Waals surface area contributed by atoms with Gasteiger partial charge in [0.15, 0.2) is 0 Å². The van der Waals surface area contributed by atoms with Crippen LogP contribution in [0.15, 0.2) is 30.3 Å². The molecule has 2 unspecified atom stereocenters. The van der Waals surface area contributed by atoms with Crippen LogP contribution in [0.5, 0.6) is 0 Å². The molecule has 2 fully saturated rings. The highest BCUT2D eigenvalue weighted by atomic mass is 16.3. The molecule has 102 valence electrons. The van der Waals surface area contributed by atoms with Gasteiger partial charge in [0.1, 0.15) is 0 Å². The van der Waals surface area contributed by atoms with Gasteiger partial charge in [-0.05, 0) is 24.9 Å². The van der Waals surface area contributed by atoms with Crippen molar-refractivity contribution in [1.82, 2.24) is 10.2 Å². The molecular formula is C15H20N2O2. The van der Waals surface area contributed by atoms with Crippen LogP contribution in [0.2, 0.25) is 0 Å². The Hall–Kier alpha value is -1.39. The van der Waals surface area contributed by atoms with Crippen molar-refractivity contribution >= 4 is 5.91 Å². The number of aliphatic hydroxyl groups is 1. The molecule has 0 aliphatic carbocycles. The van der Waals surface area contributed by atoms with Crippen LogP contribution < -0.4 is 5.32 Å². The summed E-state index contributed by atoms with van der Waals surface area (Å²) in [7, 11) is 0. The summed E-state index contributed by atoms with van der Waals surface area (Å²) in [6.45, 7) is 3.01. The molecule has 2 aliphatic heterocycles. The smallest absolute Gasteiger partial charge is 0.229 e. The zero-order valence-electron chi connectivity index (χ0n) is 11.0. The summed E-state index contributed by atoms with van der Waals surface area (Å²) >= 11 is 0. The third-order valence-electron chi connectivity index (χ3n) is 4.50. The molecule has 1 aromatic rings. The largest absolute Gasteiger partial charge is 0.391 e. The molecule has 1 spiro atoms. The zero-order chi connectivity index (χ0) is 13.3. The number of piperidine rings is 1. The molecule has 2 atom stereocenters. The Labute approximate surface area is 113 Å². The lowest BCUT2D eigenvalue weighted by Gasteiger charge is -2.41. The molecule has 0 bridgehead atoms. The Kier molecular flexibility index (Phi) is 3.29. The average molecular weight is 260 g/mol. The predicted molar refractivity (Wildman–Crippen MR) is 72.4 cm³/mol. The van der Waals surface area contributed by atoms with Crippen molar-refractivity contribution < 1.29 is 9.90 Å². The Bertz CT molecular complexity index is 462. The minimum atomic E-state index is -0.549. The lowest BCUT2D eigenvalue weighted by molar-refractivity contribution is -0.139. The number of nitrogens with zero attached hydrogens (tertiary/aromatic N) is 1. The molecule has 3 rings (SSSR count). The highest BCUT2D eigenvalue weighted by Crippen LogP contribution is 2.38. The number of aliphatic hydroxyl groups excluding tert-OH is 1. The summed E-state index contributed by atoms with van der Waals surface area (Å²) < 4.78 is 0. The molecule has 2 saturated heterocycles. The van der Waals surface area contributed by atoms with Gasteiger partial charge in [-0.2, -0.15) is 0 Å². The summed E-state index contributed by atoms with van der Waals surface area (Å²) in [4.78, 5) is 14.2. The van der Waals surface area contributed by atoms with Crippen molar-refractivity contribution in [2.45, 2.75) is 25.5 Å². The topological polar surface area (TPSA) is 52.6 Å². The monoisotopic (exact) mass is 260 g/mol. The van der Waals surface area contributed by atoms with Crippen LogP contribution in [0.4, 0.5) is 0 Å². The lowest BCUT2D eigenvalue weighted by Crippen LogP contribution is -2.53. The zero-order valence-corrected chi connectivity index (χ0v) is 11.0. The number of carbonyl (C=O) groups is 1. The van der Waals surface area contributed by atoms with Crippen LogP contribution in [-0.4, -0.2) is 41.7 Å². The first-order valence-electron chi connectivity index (χ1n) is 6.93. The second kappa shape index (κ2) is 4.94. The van der Waals surface area contributed by atoms with Crippen molar-refractivity contribution in [3.05, 3.63) is 35.9 Å². The molecule has 2 aliphatic rings. The van der Waals surface area contributed by atoms with Gasteiger partial charge >= 0.3 is 0 Å². The molecule has 4 nitrogen and oxygen atoms in total. The molecule has 0 saturated carbocycles. The average Bonchev–Trinajstić information content (AvgIpc) is 2.78. The summed E-state index contributed by atoms with van der Waals surface area (Å²) in [5.41, 5.74) is 0.731. The van der Waals surface area contributed by atoms with Gasteiger partial charge < -0.3 is 10.4 Å². The quantitative estimate of drug-likeness (QED) is 0.825. The normalized spacial score (nSPS) is 31.6. The minimum Gasteiger partial charge on any atom is -0.391 e. The minimum absolute atomic E-state index is 0.0411. The van der Waals surface area contributed by atoms with E-state index in [2.05, 4.69) is 22.3 Å². The van der Waals surface area contributed by atoms with E-state index in [9.17, 15) is 9.90 Å². The number of carbonyl (C=O) groups excluding carboxylic acids is 1. The van der Waals surface area contributed by atoms with Crippen molar-refractivity contribution in [2.24, 2.45) is 5.41 Å². The highest BCUT2D eigenvalue weighted by Gasteiger charge is 2.50. The Morgan fingerprint density at radius 3 is 2.74 bits per heavy atom. The van der Waals surface area contributed by atoms with E-state index in [0.717, 1.165) is 25.9 Å². The molecule has 19 heavy (non-hydrogen) atoms. The van der Waals surface area contributed by atoms with E-state index in [4.69, 9.17) is 0 Å². The molecule has 2 heterocycles. The Balaban J connectivity index is 1.66. The predicted octanol–water partition coefficient (Wildman–Crippen LogP) is 0.759. The van der Waals surface area contributed by atoms with Crippen LogP contribution in [0.3, 0.4) is 0 Å². The summed E-state index contributed by atoms with van der Waals surface area (Å²) in [5.74, 6) is 0.0411. The third-order valence-corrected chi connectivity index (χ3v) is 4.50. The van der Waals surface area contributed by atoms with E-state index >= 15 is 0 Å². The molecule has 1 aromatic carbocycles. The number of nitrogens with one attached hydrogen (secondary N) is 1. The first-order chi connectivity index (χ1) is 9.21. The van der Waals surface area contributed by atoms with E-state index < -0.39 is 11.5 Å². The molecule has 0 aromatic heterocycles. The first kappa shape index (κ1) is 12.6. The van der Waals surface area contributed by atoms with Gasteiger partial charge in [0.2, 0.25) is 5.91 Å². The second-order valence-electron chi connectivity index (χ2n) is 5.65. The number of rotatable bonds is 2.